The van der Waals surface area contributed by atoms with Crippen LogP contribution in [0.4, 0.5) is 5.69 Å². The Hall–Kier alpha value is -2.30. The topological polar surface area (TPSA) is 59.5 Å². The Morgan fingerprint density at radius 1 is 1.21 bits per heavy atom. The van der Waals surface area contributed by atoms with Crippen molar-refractivity contribution in [2.75, 3.05) is 4.90 Å². The van der Waals surface area contributed by atoms with E-state index < -0.39 is 0 Å². The summed E-state index contributed by atoms with van der Waals surface area (Å²) < 4.78 is 5.57. The molecule has 1 amide bonds. The van der Waals surface area contributed by atoms with Crippen molar-refractivity contribution >= 4 is 35.5 Å². The summed E-state index contributed by atoms with van der Waals surface area (Å²) in [5, 5.41) is 0.984. The molecule has 0 radical (unpaired) electrons. The van der Waals surface area contributed by atoms with E-state index in [4.69, 9.17) is 10.2 Å². The number of rotatable bonds is 6. The lowest BCUT2D eigenvalue weighted by Crippen LogP contribution is -2.21. The summed E-state index contributed by atoms with van der Waals surface area (Å²) in [6.07, 6.45) is 3.24. The Morgan fingerprint density at radius 3 is 2.62 bits per heavy atom. The molecule has 1 unspecified atom stereocenters. The van der Waals surface area contributed by atoms with Crippen molar-refractivity contribution in [3.8, 4) is 0 Å². The highest BCUT2D eigenvalue weighted by Crippen LogP contribution is 2.28. The summed E-state index contributed by atoms with van der Waals surface area (Å²) in [6.45, 7) is 2.49. The van der Waals surface area contributed by atoms with E-state index in [2.05, 4.69) is 0 Å². The van der Waals surface area contributed by atoms with Gasteiger partial charge >= 0.3 is 0 Å². The maximum Gasteiger partial charge on any atom is 0.214 e. The molecule has 0 fully saturated rings. The summed E-state index contributed by atoms with van der Waals surface area (Å²) >= 11 is 0. The van der Waals surface area contributed by atoms with Gasteiger partial charge in [0.25, 0.3) is 0 Å². The molecule has 4 nitrogen and oxygen atoms in total. The van der Waals surface area contributed by atoms with Crippen LogP contribution in [0, 0.1) is 0 Å². The largest absolute Gasteiger partial charge is 0.464 e. The molecule has 0 spiro atoms. The van der Waals surface area contributed by atoms with Crippen molar-refractivity contribution in [2.24, 2.45) is 5.73 Å². The molecule has 2 aromatic carbocycles. The smallest absolute Gasteiger partial charge is 0.214 e. The fourth-order valence-electron chi connectivity index (χ4n) is 2.77. The van der Waals surface area contributed by atoms with Crippen molar-refractivity contribution in [3.63, 3.8) is 0 Å². The quantitative estimate of drug-likeness (QED) is 0.690. The van der Waals surface area contributed by atoms with Gasteiger partial charge in [0.15, 0.2) is 0 Å². The molecule has 24 heavy (non-hydrogen) atoms. The first kappa shape index (κ1) is 18.0. The standard InChI is InChI=1S/C19H20N2O2.ClH/c1-14(20)9-17-11-18(10-16-7-8-23-19(16)17)21(13-22)12-15-5-3-2-4-6-15;/h2-8,10-11,13-14H,9,12,20H2,1H3;1H. The molecule has 0 saturated carbocycles. The number of furan rings is 1. The van der Waals surface area contributed by atoms with Crippen LogP contribution in [0.2, 0.25) is 0 Å². The van der Waals surface area contributed by atoms with Crippen molar-refractivity contribution < 1.29 is 9.21 Å². The van der Waals surface area contributed by atoms with Gasteiger partial charge in [-0.25, -0.2) is 0 Å². The molecule has 1 aromatic heterocycles. The third-order valence-electron chi connectivity index (χ3n) is 3.81. The second-order valence-corrected chi connectivity index (χ2v) is 5.84. The van der Waals surface area contributed by atoms with Crippen LogP contribution in [0.3, 0.4) is 0 Å². The normalized spacial score (nSPS) is 11.8. The second-order valence-electron chi connectivity index (χ2n) is 5.84. The van der Waals surface area contributed by atoms with Crippen LogP contribution >= 0.6 is 12.4 Å². The van der Waals surface area contributed by atoms with Gasteiger partial charge in [-0.15, -0.1) is 12.4 Å². The SMILES string of the molecule is CC(N)Cc1cc(N(C=O)Cc2ccccc2)cc2ccoc12.Cl. The molecule has 0 aliphatic heterocycles. The van der Waals surface area contributed by atoms with Crippen LogP contribution in [0.25, 0.3) is 11.0 Å². The fraction of sp³-hybridized carbons (Fsp3) is 0.211. The molecule has 0 bridgehead atoms. The zero-order valence-electron chi connectivity index (χ0n) is 13.5. The minimum Gasteiger partial charge on any atom is -0.464 e. The van der Waals surface area contributed by atoms with E-state index >= 15 is 0 Å². The first-order valence-electron chi connectivity index (χ1n) is 7.69. The van der Waals surface area contributed by atoms with Gasteiger partial charge in [-0.2, -0.15) is 0 Å². The Balaban J connectivity index is 0.00000208. The van der Waals surface area contributed by atoms with Crippen LogP contribution in [-0.4, -0.2) is 12.5 Å². The van der Waals surface area contributed by atoms with E-state index in [0.29, 0.717) is 13.0 Å². The number of hydrogen-bond donors (Lipinski definition) is 1. The number of carbonyl (C=O) groups is 1. The maximum atomic E-state index is 11.6. The number of nitrogens with two attached hydrogens (primary N) is 1. The number of fused-ring (bicyclic) bond motifs is 1. The summed E-state index contributed by atoms with van der Waals surface area (Å²) in [4.78, 5) is 13.3. The van der Waals surface area contributed by atoms with Crippen molar-refractivity contribution in [2.45, 2.75) is 25.9 Å². The van der Waals surface area contributed by atoms with Gasteiger partial charge in [-0.05, 0) is 42.7 Å². The van der Waals surface area contributed by atoms with Gasteiger partial charge in [0.2, 0.25) is 6.41 Å². The van der Waals surface area contributed by atoms with Crippen LogP contribution in [0.1, 0.15) is 18.1 Å². The van der Waals surface area contributed by atoms with E-state index in [1.807, 2.05) is 55.5 Å². The summed E-state index contributed by atoms with van der Waals surface area (Å²) in [5.41, 5.74) is 9.75. The number of anilines is 1. The third kappa shape index (κ3) is 3.96. The number of nitrogens with zero attached hydrogens (tertiary/aromatic N) is 1. The number of carbonyl (C=O) groups excluding carboxylic acids is 1. The molecule has 0 aliphatic rings. The molecule has 2 N–H and O–H groups in total. The van der Waals surface area contributed by atoms with Gasteiger partial charge in [-0.1, -0.05) is 30.3 Å². The number of benzene rings is 2. The lowest BCUT2D eigenvalue weighted by atomic mass is 10.0. The van der Waals surface area contributed by atoms with E-state index in [-0.39, 0.29) is 18.4 Å². The zero-order chi connectivity index (χ0) is 16.2. The van der Waals surface area contributed by atoms with Crippen LogP contribution in [-0.2, 0) is 17.8 Å². The maximum absolute atomic E-state index is 11.6. The van der Waals surface area contributed by atoms with Gasteiger partial charge in [0.1, 0.15) is 5.58 Å². The fourth-order valence-corrected chi connectivity index (χ4v) is 2.77. The first-order chi connectivity index (χ1) is 11.2. The Labute approximate surface area is 147 Å². The van der Waals surface area contributed by atoms with Gasteiger partial charge in [-0.3, -0.25) is 4.79 Å². The Kier molecular flexibility index (Phi) is 6.01. The predicted molar refractivity (Wildman–Crippen MR) is 99.5 cm³/mol. The summed E-state index contributed by atoms with van der Waals surface area (Å²) in [6, 6.07) is 15.8. The average Bonchev–Trinajstić information content (AvgIpc) is 3.02. The molecule has 126 valence electrons. The van der Waals surface area contributed by atoms with E-state index in [1.54, 1.807) is 11.2 Å². The predicted octanol–water partition coefficient (Wildman–Crippen LogP) is 3.91. The molecule has 3 rings (SSSR count). The molecular weight excluding hydrogens is 324 g/mol. The van der Waals surface area contributed by atoms with Crippen LogP contribution < -0.4 is 10.6 Å². The van der Waals surface area contributed by atoms with Gasteiger partial charge < -0.3 is 15.1 Å². The number of hydrogen-bond acceptors (Lipinski definition) is 3. The highest BCUT2D eigenvalue weighted by Gasteiger charge is 2.13. The lowest BCUT2D eigenvalue weighted by molar-refractivity contribution is -0.107. The van der Waals surface area contributed by atoms with Crippen molar-refractivity contribution in [1.29, 1.82) is 0 Å². The third-order valence-corrected chi connectivity index (χ3v) is 3.81. The summed E-state index contributed by atoms with van der Waals surface area (Å²) in [7, 11) is 0. The van der Waals surface area contributed by atoms with E-state index in [0.717, 1.165) is 34.2 Å². The number of halogens is 1. The lowest BCUT2D eigenvalue weighted by Gasteiger charge is -2.19. The molecule has 1 atom stereocenters. The molecule has 1 heterocycles. The Morgan fingerprint density at radius 2 is 1.96 bits per heavy atom. The van der Waals surface area contributed by atoms with Crippen molar-refractivity contribution in [1.82, 2.24) is 0 Å². The van der Waals surface area contributed by atoms with Gasteiger partial charge in [0.05, 0.1) is 12.8 Å². The monoisotopic (exact) mass is 344 g/mol. The molecule has 0 aliphatic carbocycles. The number of amides is 1. The van der Waals surface area contributed by atoms with E-state index in [9.17, 15) is 4.79 Å². The minimum absolute atomic E-state index is 0. The molecule has 0 saturated heterocycles. The second kappa shape index (κ2) is 7.99. The molecule has 3 aromatic rings. The molecular formula is C19H21ClN2O2. The van der Waals surface area contributed by atoms with Crippen LogP contribution in [0.5, 0.6) is 0 Å². The van der Waals surface area contributed by atoms with E-state index in [1.165, 1.54) is 0 Å². The summed E-state index contributed by atoms with van der Waals surface area (Å²) in [5.74, 6) is 0. The average molecular weight is 345 g/mol. The van der Waals surface area contributed by atoms with Crippen molar-refractivity contribution in [3.05, 3.63) is 65.9 Å². The first-order valence-corrected chi connectivity index (χ1v) is 7.69. The Bertz CT molecular complexity index is 799. The highest BCUT2D eigenvalue weighted by atomic mass is 35.5. The van der Waals surface area contributed by atoms with Gasteiger partial charge in [0, 0.05) is 17.1 Å². The zero-order valence-corrected chi connectivity index (χ0v) is 14.3. The highest BCUT2D eigenvalue weighted by molar-refractivity contribution is 5.88. The molecule has 5 heteroatoms. The minimum atomic E-state index is 0. The van der Waals surface area contributed by atoms with Crippen LogP contribution in [0.15, 0.2) is 59.2 Å².